The minimum Gasteiger partial charge on any atom is -0.504 e. The molecule has 6 heteroatoms. The van der Waals surface area contributed by atoms with Gasteiger partial charge in [0.1, 0.15) is 11.3 Å². The maximum atomic E-state index is 12.3. The lowest BCUT2D eigenvalue weighted by Crippen LogP contribution is -2.04. The third-order valence-electron chi connectivity index (χ3n) is 2.74. The van der Waals surface area contributed by atoms with Crippen LogP contribution in [-0.4, -0.2) is 15.2 Å². The van der Waals surface area contributed by atoms with Crippen LogP contribution in [0.4, 0.5) is 0 Å². The first kappa shape index (κ1) is 11.7. The predicted octanol–water partition coefficient (Wildman–Crippen LogP) is 2.64. The molecule has 0 aliphatic heterocycles. The van der Waals surface area contributed by atoms with E-state index in [0.29, 0.717) is 10.6 Å². The number of thiazole rings is 1. The van der Waals surface area contributed by atoms with E-state index >= 15 is 0 Å². The highest BCUT2D eigenvalue weighted by Gasteiger charge is 2.15. The van der Waals surface area contributed by atoms with Crippen molar-refractivity contribution in [1.82, 2.24) is 4.98 Å². The monoisotopic (exact) mass is 275 g/mol. The molecule has 3 rings (SSSR count). The number of aryl methyl sites for hydroxylation is 1. The van der Waals surface area contributed by atoms with Gasteiger partial charge in [-0.05, 0) is 19.1 Å². The van der Waals surface area contributed by atoms with Gasteiger partial charge in [0.25, 0.3) is 0 Å². The van der Waals surface area contributed by atoms with Crippen LogP contribution in [-0.2, 0) is 0 Å². The summed E-state index contributed by atoms with van der Waals surface area (Å²) in [6, 6.07) is 2.67. The van der Waals surface area contributed by atoms with Gasteiger partial charge in [0, 0.05) is 11.1 Å². The summed E-state index contributed by atoms with van der Waals surface area (Å²) < 4.78 is 5.26. The molecular formula is C13H9NO4S. The molecule has 0 amide bonds. The van der Waals surface area contributed by atoms with Crippen molar-refractivity contribution in [3.8, 4) is 22.1 Å². The van der Waals surface area contributed by atoms with E-state index in [4.69, 9.17) is 4.42 Å². The zero-order valence-corrected chi connectivity index (χ0v) is 10.7. The predicted molar refractivity (Wildman–Crippen MR) is 71.7 cm³/mol. The molecule has 0 fully saturated rings. The number of phenols is 2. The molecule has 96 valence electrons. The van der Waals surface area contributed by atoms with Crippen molar-refractivity contribution in [2.24, 2.45) is 0 Å². The summed E-state index contributed by atoms with van der Waals surface area (Å²) in [6.07, 6.45) is 1.25. The lowest BCUT2D eigenvalue weighted by Gasteiger charge is -2.03. The SMILES string of the molecule is Cc1csc(-c2coc3c(O)c(O)ccc3c2=O)n1. The second-order valence-electron chi connectivity index (χ2n) is 4.08. The van der Waals surface area contributed by atoms with E-state index in [1.807, 2.05) is 12.3 Å². The van der Waals surface area contributed by atoms with Gasteiger partial charge >= 0.3 is 0 Å². The minimum atomic E-state index is -0.434. The Labute approximate surface area is 111 Å². The number of fused-ring (bicyclic) bond motifs is 1. The Balaban J connectivity index is 2.34. The van der Waals surface area contributed by atoms with Crippen LogP contribution in [0.25, 0.3) is 21.5 Å². The average molecular weight is 275 g/mol. The Morgan fingerprint density at radius 3 is 2.79 bits per heavy atom. The Hall–Kier alpha value is -2.34. The summed E-state index contributed by atoms with van der Waals surface area (Å²) in [6.45, 7) is 1.84. The average Bonchev–Trinajstić information content (AvgIpc) is 2.81. The van der Waals surface area contributed by atoms with Gasteiger partial charge in [-0.15, -0.1) is 11.3 Å². The molecular weight excluding hydrogens is 266 g/mol. The van der Waals surface area contributed by atoms with Crippen molar-refractivity contribution in [2.45, 2.75) is 6.92 Å². The first-order valence-electron chi connectivity index (χ1n) is 5.47. The van der Waals surface area contributed by atoms with E-state index in [2.05, 4.69) is 4.98 Å². The molecule has 0 radical (unpaired) electrons. The van der Waals surface area contributed by atoms with Gasteiger partial charge < -0.3 is 14.6 Å². The van der Waals surface area contributed by atoms with Crippen molar-refractivity contribution in [3.63, 3.8) is 0 Å². The fraction of sp³-hybridized carbons (Fsp3) is 0.0769. The number of rotatable bonds is 1. The molecule has 1 aromatic carbocycles. The van der Waals surface area contributed by atoms with Gasteiger partial charge in [-0.2, -0.15) is 0 Å². The number of phenolic OH excluding ortho intramolecular Hbond substituents is 2. The Morgan fingerprint density at radius 1 is 1.32 bits per heavy atom. The smallest absolute Gasteiger partial charge is 0.203 e. The molecule has 2 aromatic heterocycles. The number of benzene rings is 1. The molecule has 0 aliphatic rings. The fourth-order valence-electron chi connectivity index (χ4n) is 1.80. The summed E-state index contributed by atoms with van der Waals surface area (Å²) in [4.78, 5) is 16.6. The van der Waals surface area contributed by atoms with E-state index in [9.17, 15) is 15.0 Å². The van der Waals surface area contributed by atoms with Crippen LogP contribution in [0.15, 0.2) is 33.0 Å². The second-order valence-corrected chi connectivity index (χ2v) is 4.94. The Kier molecular flexibility index (Phi) is 2.53. The van der Waals surface area contributed by atoms with Crippen LogP contribution >= 0.6 is 11.3 Å². The molecule has 0 atom stereocenters. The van der Waals surface area contributed by atoms with Crippen LogP contribution in [0.2, 0.25) is 0 Å². The van der Waals surface area contributed by atoms with Gasteiger partial charge in [-0.25, -0.2) is 4.98 Å². The summed E-state index contributed by atoms with van der Waals surface area (Å²) in [5.41, 5.74) is 0.858. The zero-order chi connectivity index (χ0) is 13.6. The van der Waals surface area contributed by atoms with Gasteiger partial charge in [-0.1, -0.05) is 0 Å². The largest absolute Gasteiger partial charge is 0.504 e. The van der Waals surface area contributed by atoms with Gasteiger partial charge in [-0.3, -0.25) is 4.79 Å². The second kappa shape index (κ2) is 4.10. The van der Waals surface area contributed by atoms with Crippen LogP contribution in [0.3, 0.4) is 0 Å². The standard InChI is InChI=1S/C13H9NO4S/c1-6-5-19-13(14-6)8-4-18-12-7(10(8)16)2-3-9(15)11(12)17/h2-5,15,17H,1H3. The van der Waals surface area contributed by atoms with Crippen LogP contribution in [0, 0.1) is 6.92 Å². The number of aromatic nitrogens is 1. The molecule has 0 aliphatic carbocycles. The molecule has 2 N–H and O–H groups in total. The van der Waals surface area contributed by atoms with Crippen molar-refractivity contribution >= 4 is 22.3 Å². The highest BCUT2D eigenvalue weighted by Crippen LogP contribution is 2.33. The maximum absolute atomic E-state index is 12.3. The van der Waals surface area contributed by atoms with E-state index in [0.717, 1.165) is 5.69 Å². The first-order chi connectivity index (χ1) is 9.08. The van der Waals surface area contributed by atoms with E-state index in [-0.39, 0.29) is 22.1 Å². The van der Waals surface area contributed by atoms with Crippen molar-refractivity contribution < 1.29 is 14.6 Å². The van der Waals surface area contributed by atoms with Gasteiger partial charge in [0.05, 0.1) is 10.9 Å². The molecule has 0 saturated heterocycles. The van der Waals surface area contributed by atoms with Crippen LogP contribution in [0.5, 0.6) is 11.5 Å². The molecule has 19 heavy (non-hydrogen) atoms. The van der Waals surface area contributed by atoms with Gasteiger partial charge in [0.15, 0.2) is 11.3 Å². The van der Waals surface area contributed by atoms with Crippen molar-refractivity contribution in [3.05, 3.63) is 39.7 Å². The molecule has 0 spiro atoms. The Bertz CT molecular complexity index is 834. The van der Waals surface area contributed by atoms with Crippen LogP contribution in [0.1, 0.15) is 5.69 Å². The summed E-state index contributed by atoms with van der Waals surface area (Å²) in [7, 11) is 0. The van der Waals surface area contributed by atoms with E-state index in [1.165, 1.54) is 29.7 Å². The van der Waals surface area contributed by atoms with E-state index in [1.54, 1.807) is 0 Å². The number of nitrogens with zero attached hydrogens (tertiary/aromatic N) is 1. The molecule has 5 nitrogen and oxygen atoms in total. The topological polar surface area (TPSA) is 83.6 Å². The number of hydrogen-bond donors (Lipinski definition) is 2. The zero-order valence-electron chi connectivity index (χ0n) is 9.88. The van der Waals surface area contributed by atoms with Gasteiger partial charge in [0.2, 0.25) is 11.2 Å². The quantitative estimate of drug-likeness (QED) is 0.667. The minimum absolute atomic E-state index is 0.0259. The maximum Gasteiger partial charge on any atom is 0.203 e. The molecule has 0 unspecified atom stereocenters. The summed E-state index contributed by atoms with van der Waals surface area (Å²) in [5.74, 6) is -0.759. The lowest BCUT2D eigenvalue weighted by molar-refractivity contribution is 0.399. The molecule has 0 saturated carbocycles. The lowest BCUT2D eigenvalue weighted by atomic mass is 10.1. The number of hydrogen-bond acceptors (Lipinski definition) is 6. The Morgan fingerprint density at radius 2 is 2.11 bits per heavy atom. The third kappa shape index (κ3) is 1.77. The third-order valence-corrected chi connectivity index (χ3v) is 3.74. The fourth-order valence-corrected chi connectivity index (χ4v) is 2.60. The van der Waals surface area contributed by atoms with E-state index < -0.39 is 5.75 Å². The summed E-state index contributed by atoms with van der Waals surface area (Å²) >= 11 is 1.35. The highest BCUT2D eigenvalue weighted by atomic mass is 32.1. The normalized spacial score (nSPS) is 11.0. The molecule has 3 aromatic rings. The first-order valence-corrected chi connectivity index (χ1v) is 6.35. The van der Waals surface area contributed by atoms with Crippen molar-refractivity contribution in [2.75, 3.05) is 0 Å². The highest BCUT2D eigenvalue weighted by molar-refractivity contribution is 7.13. The molecule has 0 bridgehead atoms. The summed E-state index contributed by atoms with van der Waals surface area (Å²) in [5, 5.41) is 21.6. The molecule has 2 heterocycles. The van der Waals surface area contributed by atoms with Crippen LogP contribution < -0.4 is 5.43 Å². The van der Waals surface area contributed by atoms with Crippen molar-refractivity contribution in [1.29, 1.82) is 0 Å². The number of aromatic hydroxyl groups is 2.